The summed E-state index contributed by atoms with van der Waals surface area (Å²) in [6.45, 7) is 6.48. The Balaban J connectivity index is 1.56. The van der Waals surface area contributed by atoms with Crippen molar-refractivity contribution in [3.63, 3.8) is 0 Å². The van der Waals surface area contributed by atoms with Gasteiger partial charge in [-0.05, 0) is 44.2 Å². The van der Waals surface area contributed by atoms with Gasteiger partial charge in [0.05, 0.1) is 16.6 Å². The highest BCUT2D eigenvalue weighted by molar-refractivity contribution is 6.06. The topological polar surface area (TPSA) is 54.3 Å². The van der Waals surface area contributed by atoms with Crippen LogP contribution in [0.5, 0.6) is 0 Å². The fourth-order valence-electron chi connectivity index (χ4n) is 3.73. The molecule has 0 unspecified atom stereocenters. The van der Waals surface area contributed by atoms with Gasteiger partial charge in [-0.15, -0.1) is 0 Å². The van der Waals surface area contributed by atoms with Gasteiger partial charge in [0, 0.05) is 44.6 Å². The quantitative estimate of drug-likeness (QED) is 0.699. The number of amides is 1. The molecule has 1 aromatic carbocycles. The van der Waals surface area contributed by atoms with Gasteiger partial charge >= 0.3 is 0 Å². The molecule has 7 heteroatoms. The number of benzene rings is 1. The molecule has 140 valence electrons. The molecule has 4 rings (SSSR count). The molecular formula is C20H22FN5O. The van der Waals surface area contributed by atoms with Crippen LogP contribution in [0.3, 0.4) is 0 Å². The van der Waals surface area contributed by atoms with Crippen LogP contribution in [-0.2, 0) is 7.05 Å². The van der Waals surface area contributed by atoms with Crippen molar-refractivity contribution >= 4 is 22.6 Å². The Morgan fingerprint density at radius 3 is 2.41 bits per heavy atom. The number of aromatic nitrogens is 3. The standard InChI is InChI=1S/C20H22FN5O/c1-13-12-17(18-14(2)23-24(3)19(18)22-13)20(27)26-10-8-25(9-11-26)16-6-4-15(21)5-7-16/h4-7,12H,8-11H2,1-3H3. The molecule has 1 amide bonds. The van der Waals surface area contributed by atoms with Crippen molar-refractivity contribution in [1.82, 2.24) is 19.7 Å². The lowest BCUT2D eigenvalue weighted by molar-refractivity contribution is 0.0748. The normalized spacial score (nSPS) is 14.8. The molecular weight excluding hydrogens is 345 g/mol. The van der Waals surface area contributed by atoms with E-state index in [1.54, 1.807) is 16.8 Å². The maximum Gasteiger partial charge on any atom is 0.254 e. The summed E-state index contributed by atoms with van der Waals surface area (Å²) in [5.41, 5.74) is 4.00. The number of anilines is 1. The number of carbonyl (C=O) groups excluding carboxylic acids is 1. The van der Waals surface area contributed by atoms with Crippen molar-refractivity contribution in [1.29, 1.82) is 0 Å². The van der Waals surface area contributed by atoms with Crippen LogP contribution in [0.25, 0.3) is 11.0 Å². The summed E-state index contributed by atoms with van der Waals surface area (Å²) < 4.78 is 14.8. The molecule has 0 spiro atoms. The SMILES string of the molecule is Cc1cc(C(=O)N2CCN(c3ccc(F)cc3)CC2)c2c(C)nn(C)c2n1. The number of hydrogen-bond donors (Lipinski definition) is 0. The van der Waals surface area contributed by atoms with Gasteiger partial charge in [0.1, 0.15) is 5.82 Å². The molecule has 0 N–H and O–H groups in total. The van der Waals surface area contributed by atoms with Crippen molar-refractivity contribution in [2.45, 2.75) is 13.8 Å². The molecule has 6 nitrogen and oxygen atoms in total. The predicted octanol–water partition coefficient (Wildman–Crippen LogP) is 2.69. The third-order valence-corrected chi connectivity index (χ3v) is 5.09. The van der Waals surface area contributed by atoms with Crippen LogP contribution < -0.4 is 4.90 Å². The summed E-state index contributed by atoms with van der Waals surface area (Å²) in [4.78, 5) is 21.8. The van der Waals surface area contributed by atoms with Crippen LogP contribution in [0.15, 0.2) is 30.3 Å². The molecule has 0 bridgehead atoms. The minimum absolute atomic E-state index is 0.0142. The number of aryl methyl sites for hydroxylation is 3. The Morgan fingerprint density at radius 2 is 1.74 bits per heavy atom. The summed E-state index contributed by atoms with van der Waals surface area (Å²) in [5, 5.41) is 5.25. The lowest BCUT2D eigenvalue weighted by atomic mass is 10.1. The van der Waals surface area contributed by atoms with E-state index >= 15 is 0 Å². The first-order valence-electron chi connectivity index (χ1n) is 9.05. The maximum atomic E-state index is 13.2. The highest BCUT2D eigenvalue weighted by Gasteiger charge is 2.25. The van der Waals surface area contributed by atoms with Gasteiger partial charge in [-0.2, -0.15) is 5.10 Å². The van der Waals surface area contributed by atoms with Gasteiger partial charge in [-0.3, -0.25) is 9.48 Å². The van der Waals surface area contributed by atoms with E-state index in [1.807, 2.05) is 31.9 Å². The zero-order valence-corrected chi connectivity index (χ0v) is 15.7. The van der Waals surface area contributed by atoms with Crippen LogP contribution in [-0.4, -0.2) is 51.8 Å². The van der Waals surface area contributed by atoms with Gasteiger partial charge in [0.2, 0.25) is 0 Å². The first-order valence-corrected chi connectivity index (χ1v) is 9.05. The number of carbonyl (C=O) groups is 1. The lowest BCUT2D eigenvalue weighted by Gasteiger charge is -2.36. The highest BCUT2D eigenvalue weighted by Crippen LogP contribution is 2.24. The zero-order chi connectivity index (χ0) is 19.1. The Morgan fingerprint density at radius 1 is 1.07 bits per heavy atom. The number of nitrogens with zero attached hydrogens (tertiary/aromatic N) is 5. The van der Waals surface area contributed by atoms with Crippen LogP contribution >= 0.6 is 0 Å². The van der Waals surface area contributed by atoms with Gasteiger partial charge < -0.3 is 9.80 Å². The number of halogens is 1. The van der Waals surface area contributed by atoms with Crippen molar-refractivity contribution in [3.05, 3.63) is 53.1 Å². The average molecular weight is 367 g/mol. The number of pyridine rings is 1. The Kier molecular flexibility index (Phi) is 4.30. The molecule has 0 aliphatic carbocycles. The van der Waals surface area contributed by atoms with Gasteiger partial charge in [0.15, 0.2) is 5.65 Å². The number of rotatable bonds is 2. The molecule has 2 aromatic heterocycles. The largest absolute Gasteiger partial charge is 0.368 e. The summed E-state index contributed by atoms with van der Waals surface area (Å²) in [6, 6.07) is 8.35. The van der Waals surface area contributed by atoms with E-state index in [9.17, 15) is 9.18 Å². The van der Waals surface area contributed by atoms with Crippen LogP contribution in [0.2, 0.25) is 0 Å². The number of hydrogen-bond acceptors (Lipinski definition) is 4. The second-order valence-corrected chi connectivity index (χ2v) is 6.97. The summed E-state index contributed by atoms with van der Waals surface area (Å²) in [5.74, 6) is -0.225. The van der Waals surface area contributed by atoms with E-state index in [0.29, 0.717) is 18.7 Å². The third kappa shape index (κ3) is 3.13. The molecule has 1 aliphatic heterocycles. The molecule has 0 saturated carbocycles. The summed E-state index contributed by atoms with van der Waals surface area (Å²) >= 11 is 0. The first kappa shape index (κ1) is 17.5. The minimum Gasteiger partial charge on any atom is -0.368 e. The van der Waals surface area contributed by atoms with E-state index in [4.69, 9.17) is 0 Å². The second kappa shape index (κ2) is 6.64. The summed E-state index contributed by atoms with van der Waals surface area (Å²) in [7, 11) is 1.84. The predicted molar refractivity (Wildman–Crippen MR) is 102 cm³/mol. The van der Waals surface area contributed by atoms with E-state index in [2.05, 4.69) is 15.0 Å². The highest BCUT2D eigenvalue weighted by atomic mass is 19.1. The Bertz CT molecular complexity index is 1000. The molecule has 0 atom stereocenters. The molecule has 1 fully saturated rings. The third-order valence-electron chi connectivity index (χ3n) is 5.09. The average Bonchev–Trinajstić information content (AvgIpc) is 2.95. The first-order chi connectivity index (χ1) is 12.9. The number of piperazine rings is 1. The second-order valence-electron chi connectivity index (χ2n) is 6.97. The smallest absolute Gasteiger partial charge is 0.254 e. The molecule has 0 radical (unpaired) electrons. The van der Waals surface area contributed by atoms with Crippen molar-refractivity contribution in [3.8, 4) is 0 Å². The van der Waals surface area contributed by atoms with Crippen molar-refractivity contribution in [2.75, 3.05) is 31.1 Å². The molecule has 1 saturated heterocycles. The maximum absolute atomic E-state index is 13.2. The van der Waals surface area contributed by atoms with Gasteiger partial charge in [-0.25, -0.2) is 9.37 Å². The van der Waals surface area contributed by atoms with Gasteiger partial charge in [-0.1, -0.05) is 0 Å². The van der Waals surface area contributed by atoms with Crippen molar-refractivity contribution < 1.29 is 9.18 Å². The summed E-state index contributed by atoms with van der Waals surface area (Å²) in [6.07, 6.45) is 0. The monoisotopic (exact) mass is 367 g/mol. The Labute approximate surface area is 157 Å². The van der Waals surface area contributed by atoms with E-state index in [0.717, 1.165) is 41.2 Å². The Hall–Kier alpha value is -2.96. The number of fused-ring (bicyclic) bond motifs is 1. The molecule has 3 heterocycles. The van der Waals surface area contributed by atoms with E-state index < -0.39 is 0 Å². The van der Waals surface area contributed by atoms with E-state index in [1.165, 1.54) is 12.1 Å². The van der Waals surface area contributed by atoms with E-state index in [-0.39, 0.29) is 11.7 Å². The molecule has 1 aliphatic rings. The van der Waals surface area contributed by atoms with Gasteiger partial charge in [0.25, 0.3) is 5.91 Å². The fourth-order valence-corrected chi connectivity index (χ4v) is 3.73. The lowest BCUT2D eigenvalue weighted by Crippen LogP contribution is -2.48. The van der Waals surface area contributed by atoms with Crippen LogP contribution in [0.1, 0.15) is 21.7 Å². The minimum atomic E-state index is -0.239. The van der Waals surface area contributed by atoms with Crippen molar-refractivity contribution in [2.24, 2.45) is 7.05 Å². The van der Waals surface area contributed by atoms with Crippen LogP contribution in [0.4, 0.5) is 10.1 Å². The molecule has 27 heavy (non-hydrogen) atoms. The van der Waals surface area contributed by atoms with Crippen LogP contribution in [0, 0.1) is 19.7 Å². The fraction of sp³-hybridized carbons (Fsp3) is 0.350. The zero-order valence-electron chi connectivity index (χ0n) is 15.7. The molecule has 3 aromatic rings.